The first-order chi connectivity index (χ1) is 8.38. The van der Waals surface area contributed by atoms with Crippen LogP contribution in [0.15, 0.2) is 48.5 Å². The molecule has 0 amide bonds. The Morgan fingerprint density at radius 3 is 2.53 bits per heavy atom. The first kappa shape index (κ1) is 10.3. The van der Waals surface area contributed by atoms with Crippen molar-refractivity contribution in [3.63, 3.8) is 0 Å². The average molecular weight is 220 g/mol. The van der Waals surface area contributed by atoms with E-state index < -0.39 is 0 Å². The van der Waals surface area contributed by atoms with Crippen LogP contribution in [0.2, 0.25) is 0 Å². The Bertz CT molecular complexity index is 576. The lowest BCUT2D eigenvalue weighted by Gasteiger charge is -2.08. The van der Waals surface area contributed by atoms with Gasteiger partial charge in [-0.15, -0.1) is 0 Å². The van der Waals surface area contributed by atoms with Crippen LogP contribution in [0.5, 0.6) is 0 Å². The molecule has 0 unspecified atom stereocenters. The van der Waals surface area contributed by atoms with E-state index >= 15 is 0 Å². The molecular formula is C17H16. The van der Waals surface area contributed by atoms with E-state index in [4.69, 9.17) is 0 Å². The zero-order valence-corrected chi connectivity index (χ0v) is 10.1. The molecule has 2 aromatic rings. The smallest absolute Gasteiger partial charge is 0.00136 e. The number of rotatable bonds is 2. The predicted molar refractivity (Wildman–Crippen MR) is 73.8 cm³/mol. The molecule has 0 atom stereocenters. The number of aryl methyl sites for hydroxylation is 1. The van der Waals surface area contributed by atoms with Gasteiger partial charge in [0.2, 0.25) is 0 Å². The van der Waals surface area contributed by atoms with Gasteiger partial charge >= 0.3 is 0 Å². The second kappa shape index (κ2) is 4.21. The molecule has 17 heavy (non-hydrogen) atoms. The largest absolute Gasteiger partial charge is 0.0620 e. The highest BCUT2D eigenvalue weighted by atomic mass is 14.2. The zero-order valence-electron chi connectivity index (χ0n) is 10.1. The Kier molecular flexibility index (Phi) is 2.56. The van der Waals surface area contributed by atoms with Crippen LogP contribution in [0.4, 0.5) is 0 Å². The second-order valence-corrected chi connectivity index (χ2v) is 4.56. The highest BCUT2D eigenvalue weighted by Gasteiger charge is 2.14. The minimum atomic E-state index is 1.08. The lowest BCUT2D eigenvalue weighted by atomic mass is 9.97. The van der Waals surface area contributed by atoms with Crippen molar-refractivity contribution in [2.75, 3.05) is 0 Å². The average Bonchev–Trinajstić information content (AvgIpc) is 2.82. The van der Waals surface area contributed by atoms with Crippen molar-refractivity contribution in [2.24, 2.45) is 0 Å². The van der Waals surface area contributed by atoms with Gasteiger partial charge in [0.05, 0.1) is 0 Å². The Morgan fingerprint density at radius 2 is 1.71 bits per heavy atom. The zero-order chi connectivity index (χ0) is 11.7. The molecule has 0 aromatic heterocycles. The van der Waals surface area contributed by atoms with Crippen molar-refractivity contribution in [3.8, 4) is 0 Å². The third-order valence-corrected chi connectivity index (χ3v) is 3.51. The number of hydrogen-bond donors (Lipinski definition) is 0. The molecule has 0 fully saturated rings. The van der Waals surface area contributed by atoms with Gasteiger partial charge in [-0.3, -0.25) is 0 Å². The summed E-state index contributed by atoms with van der Waals surface area (Å²) >= 11 is 0. The van der Waals surface area contributed by atoms with Gasteiger partial charge in [0, 0.05) is 0 Å². The molecule has 0 saturated heterocycles. The maximum absolute atomic E-state index is 2.34. The molecule has 0 aliphatic heterocycles. The molecule has 0 spiro atoms. The summed E-state index contributed by atoms with van der Waals surface area (Å²) in [5, 5.41) is 0. The first-order valence-corrected chi connectivity index (χ1v) is 6.25. The Balaban J connectivity index is 2.04. The lowest BCUT2D eigenvalue weighted by Crippen LogP contribution is -1.91. The van der Waals surface area contributed by atoms with Crippen LogP contribution in [-0.2, 0) is 12.8 Å². The summed E-state index contributed by atoms with van der Waals surface area (Å²) in [5.74, 6) is 0. The number of benzene rings is 2. The summed E-state index contributed by atoms with van der Waals surface area (Å²) in [7, 11) is 0. The number of fused-ring (bicyclic) bond motifs is 1. The van der Waals surface area contributed by atoms with Crippen molar-refractivity contribution >= 4 is 11.6 Å². The van der Waals surface area contributed by atoms with Crippen LogP contribution in [-0.4, -0.2) is 0 Å². The van der Waals surface area contributed by atoms with Gasteiger partial charge in [0.15, 0.2) is 0 Å². The molecule has 0 radical (unpaired) electrons. The van der Waals surface area contributed by atoms with Gasteiger partial charge in [0.1, 0.15) is 0 Å². The molecule has 0 heteroatoms. The van der Waals surface area contributed by atoms with E-state index in [0.29, 0.717) is 0 Å². The van der Waals surface area contributed by atoms with Crippen LogP contribution >= 0.6 is 0 Å². The van der Waals surface area contributed by atoms with Crippen LogP contribution in [0.3, 0.4) is 0 Å². The molecule has 0 bridgehead atoms. The van der Waals surface area contributed by atoms with Gasteiger partial charge in [-0.05, 0) is 40.7 Å². The van der Waals surface area contributed by atoms with Crippen LogP contribution in [0.1, 0.15) is 29.2 Å². The minimum Gasteiger partial charge on any atom is -0.0620 e. The van der Waals surface area contributed by atoms with Crippen molar-refractivity contribution in [2.45, 2.75) is 19.8 Å². The van der Waals surface area contributed by atoms with Crippen molar-refractivity contribution in [3.05, 3.63) is 70.8 Å². The summed E-state index contributed by atoms with van der Waals surface area (Å²) in [6.45, 7) is 2.22. The monoisotopic (exact) mass is 220 g/mol. The van der Waals surface area contributed by atoms with E-state index in [-0.39, 0.29) is 0 Å². The van der Waals surface area contributed by atoms with Crippen molar-refractivity contribution < 1.29 is 0 Å². The van der Waals surface area contributed by atoms with Gasteiger partial charge in [-0.25, -0.2) is 0 Å². The van der Waals surface area contributed by atoms with Gasteiger partial charge in [0.25, 0.3) is 0 Å². The van der Waals surface area contributed by atoms with Gasteiger partial charge in [-0.1, -0.05) is 61.5 Å². The number of hydrogen-bond acceptors (Lipinski definition) is 0. The Hall–Kier alpha value is -1.82. The van der Waals surface area contributed by atoms with E-state index in [1.165, 1.54) is 27.8 Å². The standard InChI is InChI=1S/C17H16/c1-2-13-7-5-6-10-17(13)16-11-14-8-3-4-9-15(14)12-16/h3-11H,2,12H2,1H3. The topological polar surface area (TPSA) is 0 Å². The second-order valence-electron chi connectivity index (χ2n) is 4.56. The summed E-state index contributed by atoms with van der Waals surface area (Å²) in [5.41, 5.74) is 7.17. The normalized spacial score (nSPS) is 13.4. The van der Waals surface area contributed by atoms with E-state index in [1.54, 1.807) is 0 Å². The summed E-state index contributed by atoms with van der Waals surface area (Å²) in [6, 6.07) is 17.4. The maximum Gasteiger partial charge on any atom is -0.00136 e. The lowest BCUT2D eigenvalue weighted by molar-refractivity contribution is 1.12. The minimum absolute atomic E-state index is 1.08. The summed E-state index contributed by atoms with van der Waals surface area (Å²) < 4.78 is 0. The molecule has 2 aromatic carbocycles. The SMILES string of the molecule is CCc1ccccc1C1=Cc2ccccc2C1. The molecule has 0 saturated carbocycles. The molecule has 0 heterocycles. The Morgan fingerprint density at radius 1 is 0.941 bits per heavy atom. The third-order valence-electron chi connectivity index (χ3n) is 3.51. The maximum atomic E-state index is 2.34. The van der Waals surface area contributed by atoms with Crippen LogP contribution < -0.4 is 0 Å². The fraction of sp³-hybridized carbons (Fsp3) is 0.176. The van der Waals surface area contributed by atoms with Gasteiger partial charge < -0.3 is 0 Å². The van der Waals surface area contributed by atoms with Crippen LogP contribution in [0, 0.1) is 0 Å². The molecule has 0 N–H and O–H groups in total. The molecular weight excluding hydrogens is 204 g/mol. The molecule has 84 valence electrons. The van der Waals surface area contributed by atoms with E-state index in [1.807, 2.05) is 0 Å². The van der Waals surface area contributed by atoms with Crippen LogP contribution in [0.25, 0.3) is 11.6 Å². The van der Waals surface area contributed by atoms with Gasteiger partial charge in [-0.2, -0.15) is 0 Å². The van der Waals surface area contributed by atoms with E-state index in [0.717, 1.165) is 12.8 Å². The van der Waals surface area contributed by atoms with E-state index in [9.17, 15) is 0 Å². The highest BCUT2D eigenvalue weighted by Crippen LogP contribution is 2.32. The predicted octanol–water partition coefficient (Wildman–Crippen LogP) is 4.35. The molecule has 0 nitrogen and oxygen atoms in total. The molecule has 1 aliphatic rings. The first-order valence-electron chi connectivity index (χ1n) is 6.25. The quantitative estimate of drug-likeness (QED) is 0.706. The van der Waals surface area contributed by atoms with Crippen molar-refractivity contribution in [1.29, 1.82) is 0 Å². The molecule has 3 rings (SSSR count). The highest BCUT2D eigenvalue weighted by molar-refractivity contribution is 5.89. The summed E-state index contributed by atoms with van der Waals surface area (Å²) in [6.07, 6.45) is 4.51. The number of allylic oxidation sites excluding steroid dienone is 1. The van der Waals surface area contributed by atoms with Crippen molar-refractivity contribution in [1.82, 2.24) is 0 Å². The summed E-state index contributed by atoms with van der Waals surface area (Å²) in [4.78, 5) is 0. The van der Waals surface area contributed by atoms with E-state index in [2.05, 4.69) is 61.5 Å². The Labute approximate surface area is 103 Å². The fourth-order valence-electron chi connectivity index (χ4n) is 2.59. The fourth-order valence-corrected chi connectivity index (χ4v) is 2.59. The molecule has 1 aliphatic carbocycles. The third kappa shape index (κ3) is 1.80.